The predicted molar refractivity (Wildman–Crippen MR) is 72.9 cm³/mol. The van der Waals surface area contributed by atoms with Crippen molar-refractivity contribution in [3.05, 3.63) is 11.4 Å². The van der Waals surface area contributed by atoms with Gasteiger partial charge in [0.2, 0.25) is 0 Å². The first-order valence-corrected chi connectivity index (χ1v) is 6.82. The number of carbonyl (C=O) groups is 1. The molecule has 1 amide bonds. The van der Waals surface area contributed by atoms with Crippen LogP contribution >= 0.6 is 0 Å². The molecule has 1 aromatic rings. The molecule has 3 N–H and O–H groups in total. The molecule has 19 heavy (non-hydrogen) atoms. The molecule has 0 aliphatic carbocycles. The Morgan fingerprint density at radius 3 is 3.11 bits per heavy atom. The average molecular weight is 266 g/mol. The summed E-state index contributed by atoms with van der Waals surface area (Å²) in [6, 6.07) is 0. The number of amides is 1. The van der Waals surface area contributed by atoms with E-state index in [-0.39, 0.29) is 12.0 Å². The van der Waals surface area contributed by atoms with Crippen LogP contribution in [0.15, 0.2) is 0 Å². The quantitative estimate of drug-likeness (QED) is 0.857. The van der Waals surface area contributed by atoms with E-state index in [0.29, 0.717) is 17.9 Å². The van der Waals surface area contributed by atoms with Gasteiger partial charge in [0.1, 0.15) is 0 Å². The number of nitrogens with two attached hydrogens (primary N) is 1. The maximum Gasteiger partial charge on any atom is 0.276 e. The third kappa shape index (κ3) is 2.89. The fraction of sp³-hybridized carbons (Fsp3) is 0.692. The molecule has 1 fully saturated rings. The Balaban J connectivity index is 2.10. The minimum absolute atomic E-state index is 0.0992. The number of carbonyl (C=O) groups excluding carboxylic acids is 1. The first-order valence-electron chi connectivity index (χ1n) is 6.82. The fourth-order valence-corrected chi connectivity index (χ4v) is 2.46. The Bertz CT molecular complexity index is 444. The molecular weight excluding hydrogens is 244 g/mol. The largest absolute Gasteiger partial charge is 0.395 e. The first kappa shape index (κ1) is 13.9. The predicted octanol–water partition coefficient (Wildman–Crippen LogP) is 1.20. The third-order valence-corrected chi connectivity index (χ3v) is 3.58. The second kappa shape index (κ2) is 6.06. The van der Waals surface area contributed by atoms with Crippen LogP contribution in [0.4, 0.5) is 5.69 Å². The van der Waals surface area contributed by atoms with Crippen LogP contribution in [0.25, 0.3) is 0 Å². The minimum Gasteiger partial charge on any atom is -0.395 e. The summed E-state index contributed by atoms with van der Waals surface area (Å²) < 4.78 is 5.33. The minimum atomic E-state index is -0.0992. The molecule has 1 aliphatic heterocycles. The van der Waals surface area contributed by atoms with Gasteiger partial charge in [0.25, 0.3) is 5.91 Å². The van der Waals surface area contributed by atoms with Crippen LogP contribution in [-0.4, -0.2) is 47.3 Å². The van der Waals surface area contributed by atoms with Gasteiger partial charge in [0.15, 0.2) is 5.69 Å². The number of nitrogens with one attached hydrogen (secondary N) is 1. The van der Waals surface area contributed by atoms with Gasteiger partial charge >= 0.3 is 0 Å². The lowest BCUT2D eigenvalue weighted by Crippen LogP contribution is -2.43. The molecule has 0 bridgehead atoms. The van der Waals surface area contributed by atoms with E-state index in [1.807, 2.05) is 0 Å². The number of piperidine rings is 1. The van der Waals surface area contributed by atoms with Gasteiger partial charge in [-0.3, -0.25) is 9.89 Å². The molecule has 6 heteroatoms. The Morgan fingerprint density at radius 1 is 1.63 bits per heavy atom. The van der Waals surface area contributed by atoms with Crippen LogP contribution in [0.5, 0.6) is 0 Å². The second-order valence-corrected chi connectivity index (χ2v) is 4.97. The number of anilines is 1. The van der Waals surface area contributed by atoms with Crippen molar-refractivity contribution in [2.75, 3.05) is 25.9 Å². The van der Waals surface area contributed by atoms with Crippen LogP contribution in [0, 0.1) is 0 Å². The smallest absolute Gasteiger partial charge is 0.276 e. The highest BCUT2D eigenvalue weighted by molar-refractivity contribution is 5.97. The normalized spacial score (nSPS) is 19.7. The topological polar surface area (TPSA) is 84.2 Å². The summed E-state index contributed by atoms with van der Waals surface area (Å²) in [6.45, 7) is 3.43. The molecule has 0 spiro atoms. The third-order valence-electron chi connectivity index (χ3n) is 3.58. The summed E-state index contributed by atoms with van der Waals surface area (Å²) in [5.74, 6) is -0.0992. The van der Waals surface area contributed by atoms with Crippen molar-refractivity contribution < 1.29 is 9.53 Å². The Labute approximate surface area is 113 Å². The van der Waals surface area contributed by atoms with Crippen LogP contribution in [-0.2, 0) is 11.2 Å². The molecule has 0 aromatic carbocycles. The molecule has 1 saturated heterocycles. The van der Waals surface area contributed by atoms with E-state index >= 15 is 0 Å². The molecule has 2 rings (SSSR count). The Morgan fingerprint density at radius 2 is 2.42 bits per heavy atom. The highest BCUT2D eigenvalue weighted by Gasteiger charge is 2.27. The van der Waals surface area contributed by atoms with E-state index in [0.717, 1.165) is 37.9 Å². The Hall–Kier alpha value is -1.56. The number of aromatic amines is 1. The number of rotatable bonds is 4. The van der Waals surface area contributed by atoms with Crippen molar-refractivity contribution in [1.82, 2.24) is 15.1 Å². The zero-order valence-electron chi connectivity index (χ0n) is 11.6. The molecule has 1 atom stereocenters. The zero-order chi connectivity index (χ0) is 13.8. The van der Waals surface area contributed by atoms with Crippen LogP contribution < -0.4 is 5.73 Å². The van der Waals surface area contributed by atoms with Gasteiger partial charge in [0, 0.05) is 20.2 Å². The summed E-state index contributed by atoms with van der Waals surface area (Å²) in [5.41, 5.74) is 7.68. The van der Waals surface area contributed by atoms with Gasteiger partial charge in [-0.05, 0) is 19.3 Å². The maximum atomic E-state index is 12.4. The van der Waals surface area contributed by atoms with E-state index in [9.17, 15) is 4.79 Å². The number of ether oxygens (including phenoxy) is 1. The molecule has 106 valence electrons. The number of nitrogens with zero attached hydrogens (tertiary/aromatic N) is 2. The summed E-state index contributed by atoms with van der Waals surface area (Å²) >= 11 is 0. The number of hydrogen-bond acceptors (Lipinski definition) is 4. The zero-order valence-corrected chi connectivity index (χ0v) is 11.6. The van der Waals surface area contributed by atoms with Gasteiger partial charge in [-0.2, -0.15) is 5.10 Å². The molecule has 2 heterocycles. The Kier molecular flexibility index (Phi) is 4.42. The number of nitrogen functional groups attached to an aromatic ring is 1. The molecular formula is C13H22N4O2. The molecule has 1 aromatic heterocycles. The maximum absolute atomic E-state index is 12.4. The number of likely N-dealkylation sites (tertiary alicyclic amines) is 1. The lowest BCUT2D eigenvalue weighted by atomic mass is 10.1. The second-order valence-electron chi connectivity index (χ2n) is 4.97. The van der Waals surface area contributed by atoms with Crippen LogP contribution in [0.2, 0.25) is 0 Å². The number of H-pyrrole nitrogens is 1. The molecule has 1 unspecified atom stereocenters. The van der Waals surface area contributed by atoms with Crippen molar-refractivity contribution in [2.45, 2.75) is 38.7 Å². The highest BCUT2D eigenvalue weighted by Crippen LogP contribution is 2.20. The van der Waals surface area contributed by atoms with E-state index in [1.165, 1.54) is 0 Å². The summed E-state index contributed by atoms with van der Waals surface area (Å²) in [6.07, 6.45) is 3.85. The summed E-state index contributed by atoms with van der Waals surface area (Å²) in [5, 5.41) is 6.94. The molecule has 1 aliphatic rings. The lowest BCUT2D eigenvalue weighted by molar-refractivity contribution is 0.0266. The monoisotopic (exact) mass is 266 g/mol. The number of aromatic nitrogens is 2. The van der Waals surface area contributed by atoms with Crippen molar-refractivity contribution >= 4 is 11.6 Å². The standard InChI is InChI=1S/C13H22N4O2/c1-3-5-10-11(14)12(16-15-10)13(18)17-7-4-6-9(8-17)19-2/h9H,3-8,14H2,1-2H3,(H,15,16). The highest BCUT2D eigenvalue weighted by atomic mass is 16.5. The van der Waals surface area contributed by atoms with Crippen LogP contribution in [0.3, 0.4) is 0 Å². The SMILES string of the molecule is CCCc1[nH]nc(C(=O)N2CCCC(OC)C2)c1N. The summed E-state index contributed by atoms with van der Waals surface area (Å²) in [7, 11) is 1.68. The van der Waals surface area contributed by atoms with Crippen molar-refractivity contribution in [3.63, 3.8) is 0 Å². The van der Waals surface area contributed by atoms with E-state index in [1.54, 1.807) is 12.0 Å². The van der Waals surface area contributed by atoms with Crippen molar-refractivity contribution in [3.8, 4) is 0 Å². The lowest BCUT2D eigenvalue weighted by Gasteiger charge is -2.31. The van der Waals surface area contributed by atoms with Gasteiger partial charge in [-0.15, -0.1) is 0 Å². The van der Waals surface area contributed by atoms with Gasteiger partial charge < -0.3 is 15.4 Å². The van der Waals surface area contributed by atoms with Gasteiger partial charge in [-0.25, -0.2) is 0 Å². The van der Waals surface area contributed by atoms with E-state index < -0.39 is 0 Å². The first-order chi connectivity index (χ1) is 9.17. The molecule has 0 saturated carbocycles. The number of aryl methyl sites for hydroxylation is 1. The fourth-order valence-electron chi connectivity index (χ4n) is 2.46. The number of hydrogen-bond donors (Lipinski definition) is 2. The molecule has 6 nitrogen and oxygen atoms in total. The molecule has 0 radical (unpaired) electrons. The van der Waals surface area contributed by atoms with Gasteiger partial charge in [0.05, 0.1) is 17.5 Å². The average Bonchev–Trinajstić information content (AvgIpc) is 2.80. The van der Waals surface area contributed by atoms with Gasteiger partial charge in [-0.1, -0.05) is 13.3 Å². The van der Waals surface area contributed by atoms with Crippen molar-refractivity contribution in [1.29, 1.82) is 0 Å². The number of methoxy groups -OCH3 is 1. The van der Waals surface area contributed by atoms with E-state index in [2.05, 4.69) is 17.1 Å². The summed E-state index contributed by atoms with van der Waals surface area (Å²) in [4.78, 5) is 14.2. The van der Waals surface area contributed by atoms with E-state index in [4.69, 9.17) is 10.5 Å². The van der Waals surface area contributed by atoms with Crippen molar-refractivity contribution in [2.24, 2.45) is 0 Å². The van der Waals surface area contributed by atoms with Crippen LogP contribution in [0.1, 0.15) is 42.4 Å².